The SMILES string of the molecule is COC(=O)c1c(C)cc(=O)oc1O. The molecule has 0 aromatic carbocycles. The summed E-state index contributed by atoms with van der Waals surface area (Å²) in [7, 11) is 1.17. The summed E-state index contributed by atoms with van der Waals surface area (Å²) in [5, 5.41) is 9.11. The molecule has 70 valence electrons. The van der Waals surface area contributed by atoms with Crippen LogP contribution in [0.5, 0.6) is 5.95 Å². The number of carbonyl (C=O) groups is 1. The second-order valence-corrected chi connectivity index (χ2v) is 2.42. The van der Waals surface area contributed by atoms with Gasteiger partial charge in [-0.1, -0.05) is 0 Å². The third-order valence-corrected chi connectivity index (χ3v) is 1.53. The van der Waals surface area contributed by atoms with Gasteiger partial charge in [-0.25, -0.2) is 9.59 Å². The number of hydrogen-bond acceptors (Lipinski definition) is 5. The number of carbonyl (C=O) groups excluding carboxylic acids is 1. The van der Waals surface area contributed by atoms with Gasteiger partial charge in [-0.15, -0.1) is 0 Å². The molecule has 0 amide bonds. The van der Waals surface area contributed by atoms with Crippen LogP contribution in [0.1, 0.15) is 15.9 Å². The minimum Gasteiger partial charge on any atom is -0.480 e. The molecule has 1 N–H and O–H groups in total. The molecular formula is C8H8O5. The van der Waals surface area contributed by atoms with E-state index >= 15 is 0 Å². The van der Waals surface area contributed by atoms with E-state index in [-0.39, 0.29) is 5.56 Å². The van der Waals surface area contributed by atoms with Crippen LogP contribution in [-0.4, -0.2) is 18.2 Å². The van der Waals surface area contributed by atoms with Crippen LogP contribution in [0.3, 0.4) is 0 Å². The Morgan fingerprint density at radius 1 is 1.62 bits per heavy atom. The second kappa shape index (κ2) is 3.30. The van der Waals surface area contributed by atoms with Gasteiger partial charge < -0.3 is 14.3 Å². The van der Waals surface area contributed by atoms with Gasteiger partial charge >= 0.3 is 11.6 Å². The van der Waals surface area contributed by atoms with E-state index in [0.29, 0.717) is 5.56 Å². The van der Waals surface area contributed by atoms with E-state index in [2.05, 4.69) is 9.15 Å². The summed E-state index contributed by atoms with van der Waals surface area (Å²) in [4.78, 5) is 21.7. The number of rotatable bonds is 1. The normalized spacial score (nSPS) is 9.69. The van der Waals surface area contributed by atoms with Crippen LogP contribution in [0, 0.1) is 6.92 Å². The van der Waals surface area contributed by atoms with Crippen molar-refractivity contribution < 1.29 is 19.1 Å². The largest absolute Gasteiger partial charge is 0.480 e. The number of aromatic hydroxyl groups is 1. The molecule has 0 aliphatic heterocycles. The topological polar surface area (TPSA) is 76.7 Å². The van der Waals surface area contributed by atoms with Crippen molar-refractivity contribution in [2.45, 2.75) is 6.92 Å². The molecule has 0 aliphatic carbocycles. The zero-order valence-electron chi connectivity index (χ0n) is 7.16. The first-order valence-corrected chi connectivity index (χ1v) is 3.48. The molecule has 1 rings (SSSR count). The van der Waals surface area contributed by atoms with Crippen LogP contribution in [0.15, 0.2) is 15.3 Å². The number of hydrogen-bond donors (Lipinski definition) is 1. The first-order valence-electron chi connectivity index (χ1n) is 3.48. The van der Waals surface area contributed by atoms with Gasteiger partial charge in [-0.05, 0) is 12.5 Å². The lowest BCUT2D eigenvalue weighted by atomic mass is 10.2. The quantitative estimate of drug-likeness (QED) is 0.641. The summed E-state index contributed by atoms with van der Waals surface area (Å²) < 4.78 is 8.69. The Morgan fingerprint density at radius 3 is 2.69 bits per heavy atom. The van der Waals surface area contributed by atoms with Crippen LogP contribution in [0.25, 0.3) is 0 Å². The standard InChI is InChI=1S/C8H8O5/c1-4-3-5(9)13-8(11)6(4)7(10)12-2/h3,11H,1-2H3. The Balaban J connectivity index is 3.37. The maximum Gasteiger partial charge on any atom is 0.345 e. The number of ether oxygens (including phenoxy) is 1. The highest BCUT2D eigenvalue weighted by Crippen LogP contribution is 2.18. The summed E-state index contributed by atoms with van der Waals surface area (Å²) >= 11 is 0. The zero-order chi connectivity index (χ0) is 10.0. The Kier molecular flexibility index (Phi) is 2.36. The van der Waals surface area contributed by atoms with Crippen molar-refractivity contribution in [2.24, 2.45) is 0 Å². The first kappa shape index (κ1) is 9.31. The molecule has 0 spiro atoms. The molecule has 5 nitrogen and oxygen atoms in total. The van der Waals surface area contributed by atoms with E-state index < -0.39 is 17.5 Å². The van der Waals surface area contributed by atoms with Gasteiger partial charge in [0.05, 0.1) is 7.11 Å². The van der Waals surface area contributed by atoms with Gasteiger partial charge in [0, 0.05) is 6.07 Å². The smallest absolute Gasteiger partial charge is 0.345 e. The summed E-state index contributed by atoms with van der Waals surface area (Å²) in [5.74, 6) is -1.45. The van der Waals surface area contributed by atoms with Crippen molar-refractivity contribution in [1.29, 1.82) is 0 Å². The van der Waals surface area contributed by atoms with Gasteiger partial charge in [-0.3, -0.25) is 0 Å². The van der Waals surface area contributed by atoms with E-state index in [0.717, 1.165) is 6.07 Å². The Labute approximate surface area is 73.6 Å². The summed E-state index contributed by atoms with van der Waals surface area (Å²) in [6.45, 7) is 1.50. The molecule has 0 radical (unpaired) electrons. The van der Waals surface area contributed by atoms with Gasteiger partial charge in [0.2, 0.25) is 0 Å². The maximum absolute atomic E-state index is 11.0. The van der Waals surface area contributed by atoms with Gasteiger partial charge in [0.1, 0.15) is 5.56 Å². The van der Waals surface area contributed by atoms with Crippen molar-refractivity contribution >= 4 is 5.97 Å². The molecule has 0 fully saturated rings. The molecule has 1 aromatic rings. The molecule has 0 atom stereocenters. The fourth-order valence-electron chi connectivity index (χ4n) is 0.944. The summed E-state index contributed by atoms with van der Waals surface area (Å²) in [6, 6.07) is 1.10. The summed E-state index contributed by atoms with van der Waals surface area (Å²) in [5.41, 5.74) is -0.509. The van der Waals surface area contributed by atoms with E-state index in [1.54, 1.807) is 0 Å². The van der Waals surface area contributed by atoms with Crippen molar-refractivity contribution in [3.05, 3.63) is 27.6 Å². The first-order chi connectivity index (χ1) is 6.06. The maximum atomic E-state index is 11.0. The molecule has 5 heteroatoms. The lowest BCUT2D eigenvalue weighted by Crippen LogP contribution is -2.08. The van der Waals surface area contributed by atoms with Gasteiger partial charge in [-0.2, -0.15) is 0 Å². The molecule has 0 aliphatic rings. The lowest BCUT2D eigenvalue weighted by molar-refractivity contribution is 0.0590. The molecule has 1 aromatic heterocycles. The third kappa shape index (κ3) is 1.69. The lowest BCUT2D eigenvalue weighted by Gasteiger charge is -2.02. The van der Waals surface area contributed by atoms with Crippen molar-refractivity contribution in [2.75, 3.05) is 7.11 Å². The highest BCUT2D eigenvalue weighted by molar-refractivity contribution is 5.92. The average molecular weight is 184 g/mol. The zero-order valence-corrected chi connectivity index (χ0v) is 7.16. The molecule has 1 heterocycles. The van der Waals surface area contributed by atoms with E-state index in [1.807, 2.05) is 0 Å². The van der Waals surface area contributed by atoms with Crippen LogP contribution in [-0.2, 0) is 4.74 Å². The minimum absolute atomic E-state index is 0.123. The fourth-order valence-corrected chi connectivity index (χ4v) is 0.944. The monoisotopic (exact) mass is 184 g/mol. The molecule has 0 bridgehead atoms. The highest BCUT2D eigenvalue weighted by Gasteiger charge is 2.17. The number of aryl methyl sites for hydroxylation is 1. The number of methoxy groups -OCH3 is 1. The Morgan fingerprint density at radius 2 is 2.23 bits per heavy atom. The second-order valence-electron chi connectivity index (χ2n) is 2.42. The predicted octanol–water partition coefficient (Wildman–Crippen LogP) is 0.440. The average Bonchev–Trinajstić information content (AvgIpc) is 2.02. The van der Waals surface area contributed by atoms with E-state index in [1.165, 1.54) is 14.0 Å². The number of esters is 1. The Bertz CT molecular complexity index is 364. The molecule has 0 saturated heterocycles. The molecular weight excluding hydrogens is 176 g/mol. The summed E-state index contributed by atoms with van der Waals surface area (Å²) in [6.07, 6.45) is 0. The predicted molar refractivity (Wildman–Crippen MR) is 42.7 cm³/mol. The van der Waals surface area contributed by atoms with Gasteiger partial charge in [0.25, 0.3) is 5.95 Å². The van der Waals surface area contributed by atoms with Crippen molar-refractivity contribution in [1.82, 2.24) is 0 Å². The van der Waals surface area contributed by atoms with Crippen molar-refractivity contribution in [3.63, 3.8) is 0 Å². The van der Waals surface area contributed by atoms with Crippen LogP contribution in [0.2, 0.25) is 0 Å². The molecule has 0 unspecified atom stereocenters. The van der Waals surface area contributed by atoms with E-state index in [9.17, 15) is 9.59 Å². The van der Waals surface area contributed by atoms with E-state index in [4.69, 9.17) is 5.11 Å². The van der Waals surface area contributed by atoms with Crippen LogP contribution in [0.4, 0.5) is 0 Å². The molecule has 13 heavy (non-hydrogen) atoms. The van der Waals surface area contributed by atoms with Gasteiger partial charge in [0.15, 0.2) is 0 Å². The minimum atomic E-state index is -0.737. The van der Waals surface area contributed by atoms with Crippen LogP contribution >= 0.6 is 0 Å². The molecule has 0 saturated carbocycles. The van der Waals surface area contributed by atoms with Crippen LogP contribution < -0.4 is 5.63 Å². The Hall–Kier alpha value is -1.78. The highest BCUT2D eigenvalue weighted by atomic mass is 16.5. The van der Waals surface area contributed by atoms with Crippen molar-refractivity contribution in [3.8, 4) is 5.95 Å². The fraction of sp³-hybridized carbons (Fsp3) is 0.250. The third-order valence-electron chi connectivity index (χ3n) is 1.53.